The lowest BCUT2D eigenvalue weighted by Gasteiger charge is -2.26. The number of carbonyl (C=O) groups is 1. The molecule has 0 saturated carbocycles. The van der Waals surface area contributed by atoms with E-state index in [1.54, 1.807) is 17.0 Å². The maximum absolute atomic E-state index is 11.9. The van der Waals surface area contributed by atoms with Gasteiger partial charge in [-0.05, 0) is 18.6 Å². The van der Waals surface area contributed by atoms with Gasteiger partial charge in [-0.25, -0.2) is 9.78 Å². The summed E-state index contributed by atoms with van der Waals surface area (Å²) in [5.41, 5.74) is 6.31. The van der Waals surface area contributed by atoms with Crippen LogP contribution in [0.4, 0.5) is 10.6 Å². The summed E-state index contributed by atoms with van der Waals surface area (Å²) in [5, 5.41) is 3.19. The minimum absolute atomic E-state index is 0.322. The lowest BCUT2D eigenvalue weighted by molar-refractivity contribution is 0.145. The Bertz CT molecular complexity index is 430. The average molecular weight is 250 g/mol. The summed E-state index contributed by atoms with van der Waals surface area (Å²) in [6.07, 6.45) is 0.354. The molecular formula is C12H18N4O2. The summed E-state index contributed by atoms with van der Waals surface area (Å²) >= 11 is 0. The molecule has 0 aromatic carbocycles. The number of nitrogens with one attached hydrogen (secondary N) is 1. The second-order valence-corrected chi connectivity index (χ2v) is 4.14. The molecule has 0 bridgehead atoms. The Hall–Kier alpha value is -1.82. The maximum Gasteiger partial charge on any atom is 0.415 e. The molecule has 6 nitrogen and oxygen atoms in total. The minimum atomic E-state index is -0.322. The summed E-state index contributed by atoms with van der Waals surface area (Å²) < 4.78 is 5.37. The van der Waals surface area contributed by atoms with Crippen molar-refractivity contribution in [3.63, 3.8) is 0 Å². The van der Waals surface area contributed by atoms with Crippen molar-refractivity contribution >= 4 is 11.9 Å². The van der Waals surface area contributed by atoms with E-state index < -0.39 is 0 Å². The van der Waals surface area contributed by atoms with Gasteiger partial charge >= 0.3 is 6.09 Å². The molecule has 6 heteroatoms. The van der Waals surface area contributed by atoms with E-state index in [1.807, 2.05) is 6.92 Å². The van der Waals surface area contributed by atoms with E-state index >= 15 is 0 Å². The van der Waals surface area contributed by atoms with E-state index in [0.29, 0.717) is 36.8 Å². The first-order valence-electron chi connectivity index (χ1n) is 6.13. The smallest absolute Gasteiger partial charge is 0.408 e. The van der Waals surface area contributed by atoms with Crippen LogP contribution in [0, 0.1) is 0 Å². The molecule has 98 valence electrons. The zero-order valence-corrected chi connectivity index (χ0v) is 10.5. The Labute approximate surface area is 106 Å². The lowest BCUT2D eigenvalue weighted by Crippen LogP contribution is -2.47. The van der Waals surface area contributed by atoms with Gasteiger partial charge in [0.2, 0.25) is 0 Å². The number of anilines is 1. The van der Waals surface area contributed by atoms with Gasteiger partial charge in [-0.1, -0.05) is 6.92 Å². The summed E-state index contributed by atoms with van der Waals surface area (Å²) in [7, 11) is 0. The van der Waals surface area contributed by atoms with Crippen LogP contribution in [-0.4, -0.2) is 42.2 Å². The molecule has 0 spiro atoms. The Morgan fingerprint density at radius 3 is 2.89 bits per heavy atom. The van der Waals surface area contributed by atoms with Gasteiger partial charge in [-0.2, -0.15) is 0 Å². The minimum Gasteiger partial charge on any atom is -0.408 e. The molecule has 3 N–H and O–H groups in total. The van der Waals surface area contributed by atoms with Crippen LogP contribution in [-0.2, 0) is 6.42 Å². The van der Waals surface area contributed by atoms with E-state index in [1.165, 1.54) is 0 Å². The first-order valence-corrected chi connectivity index (χ1v) is 6.13. The molecule has 1 aromatic rings. The molecule has 2 heterocycles. The van der Waals surface area contributed by atoms with Gasteiger partial charge in [-0.3, -0.25) is 0 Å². The number of nitrogen functional groups attached to an aromatic ring is 1. The third kappa shape index (κ3) is 2.89. The summed E-state index contributed by atoms with van der Waals surface area (Å²) in [6.45, 7) is 4.89. The highest BCUT2D eigenvalue weighted by molar-refractivity contribution is 5.71. The van der Waals surface area contributed by atoms with Crippen LogP contribution >= 0.6 is 0 Å². The Balaban J connectivity index is 2.06. The monoisotopic (exact) mass is 250 g/mol. The Morgan fingerprint density at radius 1 is 1.50 bits per heavy atom. The van der Waals surface area contributed by atoms with Crippen molar-refractivity contribution in [2.75, 3.05) is 31.9 Å². The van der Waals surface area contributed by atoms with Gasteiger partial charge in [0.25, 0.3) is 0 Å². The van der Waals surface area contributed by atoms with Crippen molar-refractivity contribution in [3.8, 4) is 5.75 Å². The summed E-state index contributed by atoms with van der Waals surface area (Å²) in [6, 6.07) is 3.33. The largest absolute Gasteiger partial charge is 0.415 e. The molecule has 0 radical (unpaired) electrons. The van der Waals surface area contributed by atoms with Gasteiger partial charge in [0.1, 0.15) is 5.82 Å². The van der Waals surface area contributed by atoms with E-state index in [4.69, 9.17) is 10.5 Å². The van der Waals surface area contributed by atoms with Crippen molar-refractivity contribution < 1.29 is 9.53 Å². The highest BCUT2D eigenvalue weighted by Gasteiger charge is 2.19. The first kappa shape index (κ1) is 12.6. The Morgan fingerprint density at radius 2 is 2.22 bits per heavy atom. The normalized spacial score (nSPS) is 15.5. The number of nitrogens with zero attached hydrogens (tertiary/aromatic N) is 2. The average Bonchev–Trinajstić information content (AvgIpc) is 2.41. The number of carbonyl (C=O) groups excluding carboxylic acids is 1. The fourth-order valence-electron chi connectivity index (χ4n) is 1.86. The zero-order chi connectivity index (χ0) is 13.0. The van der Waals surface area contributed by atoms with Gasteiger partial charge in [0.15, 0.2) is 5.75 Å². The number of hydrogen-bond acceptors (Lipinski definition) is 5. The summed E-state index contributed by atoms with van der Waals surface area (Å²) in [5.74, 6) is 0.934. The number of piperazine rings is 1. The van der Waals surface area contributed by atoms with Gasteiger partial charge in [0.05, 0.1) is 5.69 Å². The van der Waals surface area contributed by atoms with Crippen molar-refractivity contribution in [1.29, 1.82) is 0 Å². The number of hydrogen-bond donors (Lipinski definition) is 2. The molecule has 1 aliphatic heterocycles. The number of nitrogens with two attached hydrogens (primary N) is 1. The molecule has 1 aromatic heterocycles. The topological polar surface area (TPSA) is 80.5 Å². The second kappa shape index (κ2) is 5.68. The molecule has 0 aliphatic carbocycles. The van der Waals surface area contributed by atoms with Gasteiger partial charge in [-0.15, -0.1) is 0 Å². The van der Waals surface area contributed by atoms with Crippen LogP contribution in [0.2, 0.25) is 0 Å². The fourth-order valence-corrected chi connectivity index (χ4v) is 1.86. The van der Waals surface area contributed by atoms with E-state index in [-0.39, 0.29) is 6.09 Å². The molecule has 1 amide bonds. The molecule has 2 rings (SSSR count). The summed E-state index contributed by atoms with van der Waals surface area (Å²) in [4.78, 5) is 17.8. The van der Waals surface area contributed by atoms with Crippen LogP contribution in [0.1, 0.15) is 12.6 Å². The predicted molar refractivity (Wildman–Crippen MR) is 68.5 cm³/mol. The third-order valence-electron chi connectivity index (χ3n) is 2.86. The molecular weight excluding hydrogens is 232 g/mol. The second-order valence-electron chi connectivity index (χ2n) is 4.14. The Kier molecular flexibility index (Phi) is 3.99. The molecule has 1 saturated heterocycles. The van der Waals surface area contributed by atoms with Gasteiger partial charge < -0.3 is 20.7 Å². The van der Waals surface area contributed by atoms with Crippen LogP contribution in [0.25, 0.3) is 0 Å². The number of rotatable bonds is 2. The number of amides is 1. The van der Waals surface area contributed by atoms with E-state index in [0.717, 1.165) is 13.1 Å². The van der Waals surface area contributed by atoms with Crippen LogP contribution in [0.15, 0.2) is 12.1 Å². The molecule has 1 fully saturated rings. The fraction of sp³-hybridized carbons (Fsp3) is 0.500. The first-order chi connectivity index (χ1) is 8.70. The van der Waals surface area contributed by atoms with Crippen molar-refractivity contribution in [2.45, 2.75) is 13.3 Å². The third-order valence-corrected chi connectivity index (χ3v) is 2.86. The molecule has 0 atom stereocenters. The highest BCUT2D eigenvalue weighted by atomic mass is 16.6. The van der Waals surface area contributed by atoms with Gasteiger partial charge in [0, 0.05) is 26.2 Å². The lowest BCUT2D eigenvalue weighted by atomic mass is 10.2. The van der Waals surface area contributed by atoms with Crippen LogP contribution in [0.3, 0.4) is 0 Å². The number of ether oxygens (including phenoxy) is 1. The quantitative estimate of drug-likeness (QED) is 0.804. The maximum atomic E-state index is 11.9. The standard InChI is InChI=1S/C12H18N4O2/c1-2-9-10(3-4-11(13)15-9)18-12(17)16-7-5-14-6-8-16/h3-4,14H,2,5-8H2,1H3,(H2,13,15). The number of pyridine rings is 1. The van der Waals surface area contributed by atoms with Crippen molar-refractivity contribution in [3.05, 3.63) is 17.8 Å². The SMILES string of the molecule is CCc1nc(N)ccc1OC(=O)N1CCNCC1. The number of aryl methyl sites for hydroxylation is 1. The van der Waals surface area contributed by atoms with Crippen LogP contribution < -0.4 is 15.8 Å². The zero-order valence-electron chi connectivity index (χ0n) is 10.5. The van der Waals surface area contributed by atoms with Crippen molar-refractivity contribution in [1.82, 2.24) is 15.2 Å². The predicted octanol–water partition coefficient (Wildman–Crippen LogP) is 0.630. The van der Waals surface area contributed by atoms with E-state index in [2.05, 4.69) is 10.3 Å². The van der Waals surface area contributed by atoms with Crippen molar-refractivity contribution in [2.24, 2.45) is 0 Å². The number of aromatic nitrogens is 1. The molecule has 1 aliphatic rings. The highest BCUT2D eigenvalue weighted by Crippen LogP contribution is 2.19. The molecule has 18 heavy (non-hydrogen) atoms. The van der Waals surface area contributed by atoms with E-state index in [9.17, 15) is 4.79 Å². The van der Waals surface area contributed by atoms with Crippen LogP contribution in [0.5, 0.6) is 5.75 Å². The molecule has 0 unspecified atom stereocenters.